The Kier molecular flexibility index (Phi) is 2.76. The second-order valence-corrected chi connectivity index (χ2v) is 4.45. The molecule has 2 N–H and O–H groups in total. The molecule has 0 unspecified atom stereocenters. The van der Waals surface area contributed by atoms with Crippen molar-refractivity contribution in [1.82, 2.24) is 0 Å². The number of aryl methyl sites for hydroxylation is 1. The fourth-order valence-electron chi connectivity index (χ4n) is 1.68. The van der Waals surface area contributed by atoms with Gasteiger partial charge in [-0.15, -0.1) is 0 Å². The molecule has 0 aromatic heterocycles. The first-order valence-electron chi connectivity index (χ1n) is 4.70. The zero-order valence-corrected chi connectivity index (χ0v) is 9.94. The lowest BCUT2D eigenvalue weighted by atomic mass is 10.0. The summed E-state index contributed by atoms with van der Waals surface area (Å²) >= 11 is 3.18. The summed E-state index contributed by atoms with van der Waals surface area (Å²) < 4.78 is 13.8. The van der Waals surface area contributed by atoms with Gasteiger partial charge in [0.2, 0.25) is 0 Å². The van der Waals surface area contributed by atoms with Crippen LogP contribution in [0.4, 0.5) is 4.39 Å². The van der Waals surface area contributed by atoms with E-state index >= 15 is 0 Å². The average Bonchev–Trinajstić information content (AvgIpc) is 2.20. The standard InChI is InChI=1S/C12H11BrFN/c1-7-2-8-5-12(14)11(13)4-9(8)3-10(7)6-15/h2-5H,6,15H2,1H3. The van der Waals surface area contributed by atoms with Gasteiger partial charge in [0.15, 0.2) is 0 Å². The topological polar surface area (TPSA) is 26.0 Å². The minimum atomic E-state index is -0.234. The van der Waals surface area contributed by atoms with E-state index < -0.39 is 0 Å². The largest absolute Gasteiger partial charge is 0.326 e. The van der Waals surface area contributed by atoms with Crippen molar-refractivity contribution in [3.8, 4) is 0 Å². The summed E-state index contributed by atoms with van der Waals surface area (Å²) in [7, 11) is 0. The fraction of sp³-hybridized carbons (Fsp3) is 0.167. The van der Waals surface area contributed by atoms with Gasteiger partial charge in [-0.2, -0.15) is 0 Å². The first-order chi connectivity index (χ1) is 7.11. The Morgan fingerprint density at radius 2 is 1.87 bits per heavy atom. The van der Waals surface area contributed by atoms with Crippen molar-refractivity contribution in [3.05, 3.63) is 45.7 Å². The molecule has 15 heavy (non-hydrogen) atoms. The molecule has 2 aromatic carbocycles. The Balaban J connectivity index is 2.76. The van der Waals surface area contributed by atoms with Crippen LogP contribution in [0.15, 0.2) is 28.7 Å². The number of benzene rings is 2. The highest BCUT2D eigenvalue weighted by atomic mass is 79.9. The van der Waals surface area contributed by atoms with Gasteiger partial charge in [0.05, 0.1) is 4.47 Å². The molecule has 0 fully saturated rings. The molecule has 0 aliphatic carbocycles. The lowest BCUT2D eigenvalue weighted by molar-refractivity contribution is 0.623. The second kappa shape index (κ2) is 3.91. The molecule has 0 atom stereocenters. The summed E-state index contributed by atoms with van der Waals surface area (Å²) in [5.74, 6) is -0.234. The van der Waals surface area contributed by atoms with Gasteiger partial charge in [-0.25, -0.2) is 4.39 Å². The third kappa shape index (κ3) is 1.90. The normalized spacial score (nSPS) is 10.9. The van der Waals surface area contributed by atoms with Gasteiger partial charge >= 0.3 is 0 Å². The summed E-state index contributed by atoms with van der Waals surface area (Å²) in [6, 6.07) is 7.29. The molecule has 1 nitrogen and oxygen atoms in total. The molecule has 0 saturated carbocycles. The highest BCUT2D eigenvalue weighted by Crippen LogP contribution is 2.25. The van der Waals surface area contributed by atoms with Crippen molar-refractivity contribution in [1.29, 1.82) is 0 Å². The van der Waals surface area contributed by atoms with E-state index in [2.05, 4.69) is 15.9 Å². The molecule has 2 aromatic rings. The summed E-state index contributed by atoms with van der Waals surface area (Å²) in [6.45, 7) is 2.50. The maximum atomic E-state index is 13.3. The van der Waals surface area contributed by atoms with Crippen LogP contribution in [0.5, 0.6) is 0 Å². The van der Waals surface area contributed by atoms with Crippen molar-refractivity contribution >= 4 is 26.7 Å². The number of rotatable bonds is 1. The monoisotopic (exact) mass is 267 g/mol. The van der Waals surface area contributed by atoms with E-state index in [1.165, 1.54) is 6.07 Å². The Morgan fingerprint density at radius 3 is 2.53 bits per heavy atom. The Hall–Kier alpha value is -0.930. The predicted molar refractivity (Wildman–Crippen MR) is 64.2 cm³/mol. The maximum Gasteiger partial charge on any atom is 0.138 e. The van der Waals surface area contributed by atoms with Crippen molar-refractivity contribution in [2.75, 3.05) is 0 Å². The van der Waals surface area contributed by atoms with Crippen LogP contribution in [0.25, 0.3) is 10.8 Å². The van der Waals surface area contributed by atoms with Crippen molar-refractivity contribution < 1.29 is 4.39 Å². The lowest BCUT2D eigenvalue weighted by Crippen LogP contribution is -1.99. The van der Waals surface area contributed by atoms with E-state index in [1.807, 2.05) is 19.1 Å². The highest BCUT2D eigenvalue weighted by molar-refractivity contribution is 9.10. The minimum Gasteiger partial charge on any atom is -0.326 e. The fourth-order valence-corrected chi connectivity index (χ4v) is 2.04. The quantitative estimate of drug-likeness (QED) is 0.841. The lowest BCUT2D eigenvalue weighted by Gasteiger charge is -2.07. The molecule has 0 heterocycles. The van der Waals surface area contributed by atoms with Gasteiger partial charge in [-0.05, 0) is 63.0 Å². The van der Waals surface area contributed by atoms with Gasteiger partial charge in [-0.3, -0.25) is 0 Å². The molecule has 0 amide bonds. The number of halogens is 2. The minimum absolute atomic E-state index is 0.234. The van der Waals surface area contributed by atoms with Crippen molar-refractivity contribution in [3.63, 3.8) is 0 Å². The molecule has 0 aliphatic rings. The second-order valence-electron chi connectivity index (χ2n) is 3.60. The van der Waals surface area contributed by atoms with E-state index in [1.54, 1.807) is 6.07 Å². The smallest absolute Gasteiger partial charge is 0.138 e. The zero-order chi connectivity index (χ0) is 11.0. The predicted octanol–water partition coefficient (Wildman–Crippen LogP) is 3.51. The molecule has 0 spiro atoms. The first-order valence-corrected chi connectivity index (χ1v) is 5.49. The maximum absolute atomic E-state index is 13.3. The molecule has 0 saturated heterocycles. The third-order valence-corrected chi connectivity index (χ3v) is 3.16. The number of hydrogen-bond acceptors (Lipinski definition) is 1. The van der Waals surface area contributed by atoms with Crippen LogP contribution in [0.1, 0.15) is 11.1 Å². The van der Waals surface area contributed by atoms with E-state index in [4.69, 9.17) is 5.73 Å². The molecule has 0 aliphatic heterocycles. The Bertz CT molecular complexity index is 523. The summed E-state index contributed by atoms with van der Waals surface area (Å²) in [6.07, 6.45) is 0. The van der Waals surface area contributed by atoms with Gasteiger partial charge in [0, 0.05) is 6.54 Å². The van der Waals surface area contributed by atoms with Crippen LogP contribution in [0.2, 0.25) is 0 Å². The van der Waals surface area contributed by atoms with Crippen molar-refractivity contribution in [2.24, 2.45) is 5.73 Å². The highest BCUT2D eigenvalue weighted by Gasteiger charge is 2.04. The summed E-state index contributed by atoms with van der Waals surface area (Å²) in [4.78, 5) is 0. The summed E-state index contributed by atoms with van der Waals surface area (Å²) in [5, 5.41) is 1.92. The molecule has 3 heteroatoms. The Morgan fingerprint density at radius 1 is 1.20 bits per heavy atom. The first kappa shape index (κ1) is 10.6. The van der Waals surface area contributed by atoms with E-state index in [0.29, 0.717) is 11.0 Å². The average molecular weight is 268 g/mol. The molecule has 0 bridgehead atoms. The van der Waals surface area contributed by atoms with Crippen molar-refractivity contribution in [2.45, 2.75) is 13.5 Å². The molecule has 0 radical (unpaired) electrons. The number of fused-ring (bicyclic) bond motifs is 1. The third-order valence-electron chi connectivity index (χ3n) is 2.55. The van der Waals surface area contributed by atoms with Crippen LogP contribution >= 0.6 is 15.9 Å². The SMILES string of the molecule is Cc1cc2cc(F)c(Br)cc2cc1CN. The molecular formula is C12H11BrFN. The number of nitrogens with two attached hydrogens (primary N) is 1. The Labute approximate surface area is 96.2 Å². The van der Waals surface area contributed by atoms with Crippen LogP contribution in [0, 0.1) is 12.7 Å². The zero-order valence-electron chi connectivity index (χ0n) is 8.35. The molecular weight excluding hydrogens is 257 g/mol. The summed E-state index contributed by atoms with van der Waals surface area (Å²) in [5.41, 5.74) is 7.83. The van der Waals surface area contributed by atoms with E-state index in [9.17, 15) is 4.39 Å². The van der Waals surface area contributed by atoms with Crippen LogP contribution in [-0.2, 0) is 6.54 Å². The van der Waals surface area contributed by atoms with E-state index in [0.717, 1.165) is 21.9 Å². The number of hydrogen-bond donors (Lipinski definition) is 1. The van der Waals surface area contributed by atoms with Gasteiger partial charge in [0.1, 0.15) is 5.82 Å². The van der Waals surface area contributed by atoms with Gasteiger partial charge in [-0.1, -0.05) is 6.07 Å². The van der Waals surface area contributed by atoms with Crippen LogP contribution in [0.3, 0.4) is 0 Å². The van der Waals surface area contributed by atoms with Gasteiger partial charge in [0.25, 0.3) is 0 Å². The van der Waals surface area contributed by atoms with Gasteiger partial charge < -0.3 is 5.73 Å². The van der Waals surface area contributed by atoms with E-state index in [-0.39, 0.29) is 5.82 Å². The van der Waals surface area contributed by atoms with Crippen LogP contribution in [-0.4, -0.2) is 0 Å². The molecule has 2 rings (SSSR count). The molecule has 78 valence electrons. The van der Waals surface area contributed by atoms with Crippen LogP contribution < -0.4 is 5.73 Å².